The van der Waals surface area contributed by atoms with Crippen molar-refractivity contribution in [2.24, 2.45) is 0 Å². The Morgan fingerprint density at radius 1 is 1.29 bits per heavy atom. The second-order valence-electron chi connectivity index (χ2n) is 4.17. The number of halogens is 3. The molecule has 0 aliphatic carbocycles. The van der Waals surface area contributed by atoms with Gasteiger partial charge in [-0.25, -0.2) is 18.0 Å². The first-order valence-electron chi connectivity index (χ1n) is 5.70. The number of benzene rings is 1. The topological polar surface area (TPSA) is 85.2 Å². The second-order valence-corrected chi connectivity index (χ2v) is 5.96. The third-order valence-corrected chi connectivity index (χ3v) is 3.88. The van der Waals surface area contributed by atoms with Crippen molar-refractivity contribution in [2.75, 3.05) is 12.4 Å². The molecule has 2 N–H and O–H groups in total. The summed E-state index contributed by atoms with van der Waals surface area (Å²) >= 11 is 0. The summed E-state index contributed by atoms with van der Waals surface area (Å²) in [5.74, 6) is -5.43. The molecule has 0 amide bonds. The lowest BCUT2D eigenvalue weighted by Crippen LogP contribution is -2.33. The Balaban J connectivity index is 1.99. The smallest absolute Gasteiger partial charge is 0.429 e. The zero-order valence-electron chi connectivity index (χ0n) is 10.4. The highest BCUT2D eigenvalue weighted by atomic mass is 32.3. The van der Waals surface area contributed by atoms with Crippen LogP contribution in [-0.2, 0) is 8.92 Å². The van der Waals surface area contributed by atoms with Crippen molar-refractivity contribution in [3.8, 4) is 5.75 Å². The molecule has 10 heteroatoms. The molecule has 2 rings (SSSR count). The van der Waals surface area contributed by atoms with Gasteiger partial charge in [0, 0.05) is 18.6 Å². The predicted octanol–water partition coefficient (Wildman–Crippen LogP) is 3.07. The van der Waals surface area contributed by atoms with Crippen molar-refractivity contribution in [3.63, 3.8) is 0 Å². The molecule has 6 nitrogen and oxygen atoms in total. The van der Waals surface area contributed by atoms with Crippen molar-refractivity contribution < 1.29 is 40.7 Å². The maximum Gasteiger partial charge on any atom is 0.514 e. The Kier molecular flexibility index (Phi) is 4.61. The van der Waals surface area contributed by atoms with Gasteiger partial charge in [0.1, 0.15) is 11.9 Å². The van der Waals surface area contributed by atoms with Crippen LogP contribution < -0.4 is 4.74 Å². The molecule has 0 radical (unpaired) electrons. The summed E-state index contributed by atoms with van der Waals surface area (Å²) in [6.07, 6.45) is -2.20. The summed E-state index contributed by atoms with van der Waals surface area (Å²) in [7, 11) is -3.30. The number of carbonyl (C=O) groups is 1. The summed E-state index contributed by atoms with van der Waals surface area (Å²) in [5, 5.41) is 0. The molecule has 0 saturated carbocycles. The van der Waals surface area contributed by atoms with Gasteiger partial charge in [-0.05, 0) is 0 Å². The monoisotopic (exact) mass is 328 g/mol. The first-order valence-corrected chi connectivity index (χ1v) is 7.34. The van der Waals surface area contributed by atoms with Gasteiger partial charge in [-0.15, -0.1) is 0 Å². The van der Waals surface area contributed by atoms with Gasteiger partial charge < -0.3 is 18.6 Å². The molecule has 21 heavy (non-hydrogen) atoms. The summed E-state index contributed by atoms with van der Waals surface area (Å²) in [5.41, 5.74) is 0. The number of carbonyl (C=O) groups excluding carboxylic acids is 1. The van der Waals surface area contributed by atoms with Gasteiger partial charge in [-0.2, -0.15) is 0 Å². The molecule has 0 aromatic heterocycles. The molecule has 1 aliphatic heterocycles. The van der Waals surface area contributed by atoms with E-state index in [9.17, 15) is 27.1 Å². The van der Waals surface area contributed by atoms with E-state index in [2.05, 4.69) is 8.92 Å². The van der Waals surface area contributed by atoms with E-state index in [-0.39, 0.29) is 18.8 Å². The molecule has 0 bridgehead atoms. The van der Waals surface area contributed by atoms with Crippen LogP contribution in [0.2, 0.25) is 0 Å². The Labute approximate surface area is 119 Å². The van der Waals surface area contributed by atoms with Gasteiger partial charge in [-0.3, -0.25) is 4.18 Å². The van der Waals surface area contributed by atoms with E-state index in [0.29, 0.717) is 12.1 Å². The third-order valence-electron chi connectivity index (χ3n) is 2.53. The fourth-order valence-electron chi connectivity index (χ4n) is 1.65. The molecule has 0 spiro atoms. The zero-order valence-corrected chi connectivity index (χ0v) is 11.2. The minimum atomic E-state index is -3.30. The Morgan fingerprint density at radius 3 is 2.48 bits per heavy atom. The van der Waals surface area contributed by atoms with E-state index in [1.165, 1.54) is 0 Å². The first-order chi connectivity index (χ1) is 9.77. The molecular formula is C11H11F3O6S. The molecule has 1 heterocycles. The predicted molar refractivity (Wildman–Crippen MR) is 65.5 cm³/mol. The second kappa shape index (κ2) is 6.10. The fourth-order valence-corrected chi connectivity index (χ4v) is 2.83. The average molecular weight is 328 g/mol. The minimum Gasteiger partial charge on any atom is -0.429 e. The van der Waals surface area contributed by atoms with Crippen LogP contribution in [0.4, 0.5) is 18.0 Å². The fraction of sp³-hybridized carbons (Fsp3) is 0.364. The molecule has 1 aromatic rings. The molecule has 1 atom stereocenters. The molecule has 1 unspecified atom stereocenters. The van der Waals surface area contributed by atoms with Gasteiger partial charge in [0.2, 0.25) is 5.75 Å². The van der Waals surface area contributed by atoms with E-state index in [1.54, 1.807) is 0 Å². The molecule has 118 valence electrons. The maximum absolute atomic E-state index is 13.3. The van der Waals surface area contributed by atoms with Crippen molar-refractivity contribution in [1.82, 2.24) is 0 Å². The van der Waals surface area contributed by atoms with Crippen molar-refractivity contribution in [3.05, 3.63) is 29.6 Å². The molecular weight excluding hydrogens is 317 g/mol. The van der Waals surface area contributed by atoms with E-state index in [1.807, 2.05) is 0 Å². The van der Waals surface area contributed by atoms with E-state index >= 15 is 0 Å². The SMILES string of the molecule is O=C(Oc1c(F)cc(F)cc1F)OC1CCOS(O)(O)C1. The highest BCUT2D eigenvalue weighted by molar-refractivity contribution is 8.20. The Morgan fingerprint density at radius 2 is 1.90 bits per heavy atom. The van der Waals surface area contributed by atoms with Crippen molar-refractivity contribution in [2.45, 2.75) is 12.5 Å². The lowest BCUT2D eigenvalue weighted by Gasteiger charge is -2.34. The van der Waals surface area contributed by atoms with Crippen molar-refractivity contribution >= 4 is 17.0 Å². The van der Waals surface area contributed by atoms with Crippen LogP contribution >= 0.6 is 10.9 Å². The van der Waals surface area contributed by atoms with Crippen molar-refractivity contribution in [1.29, 1.82) is 0 Å². The number of ether oxygens (including phenoxy) is 2. The highest BCUT2D eigenvalue weighted by Crippen LogP contribution is 2.44. The van der Waals surface area contributed by atoms with Gasteiger partial charge >= 0.3 is 6.16 Å². The number of rotatable bonds is 2. The standard InChI is InChI=1S/C11H11F3O6S/c12-6-3-8(13)10(9(14)4-6)20-11(15)19-7-1-2-18-21(16,17)5-7/h3-4,7,16-17H,1-2,5H2. The zero-order chi connectivity index (χ0) is 15.6. The van der Waals surface area contributed by atoms with Crippen LogP contribution in [0.5, 0.6) is 5.75 Å². The van der Waals surface area contributed by atoms with E-state index in [0.717, 1.165) is 0 Å². The Hall–Kier alpha value is -1.49. The average Bonchev–Trinajstić information content (AvgIpc) is 2.32. The van der Waals surface area contributed by atoms with Crippen LogP contribution in [0.25, 0.3) is 0 Å². The van der Waals surface area contributed by atoms with Gasteiger partial charge in [0.05, 0.1) is 23.2 Å². The molecule has 1 fully saturated rings. The molecule has 1 aromatic carbocycles. The quantitative estimate of drug-likeness (QED) is 0.641. The van der Waals surface area contributed by atoms with Crippen LogP contribution in [0.1, 0.15) is 6.42 Å². The van der Waals surface area contributed by atoms with E-state index < -0.39 is 46.3 Å². The summed E-state index contributed by atoms with van der Waals surface area (Å²) < 4.78 is 71.5. The lowest BCUT2D eigenvalue weighted by molar-refractivity contribution is 0.0447. The van der Waals surface area contributed by atoms with Crippen LogP contribution in [0.15, 0.2) is 12.1 Å². The van der Waals surface area contributed by atoms with E-state index in [4.69, 9.17) is 4.74 Å². The van der Waals surface area contributed by atoms with Gasteiger partial charge in [0.25, 0.3) is 0 Å². The summed E-state index contributed by atoms with van der Waals surface area (Å²) in [6, 6.07) is 0.688. The van der Waals surface area contributed by atoms with Crippen LogP contribution in [0.3, 0.4) is 0 Å². The summed E-state index contributed by atoms with van der Waals surface area (Å²) in [6.45, 7) is -0.0560. The largest absolute Gasteiger partial charge is 0.514 e. The lowest BCUT2D eigenvalue weighted by atomic mass is 10.3. The number of hydrogen-bond donors (Lipinski definition) is 2. The van der Waals surface area contributed by atoms with Crippen LogP contribution in [-0.4, -0.2) is 33.7 Å². The Bertz CT molecular complexity index is 530. The molecule has 1 saturated heterocycles. The highest BCUT2D eigenvalue weighted by Gasteiger charge is 2.32. The first kappa shape index (κ1) is 15.9. The normalized spacial score (nSPS) is 22.4. The number of hydrogen-bond acceptors (Lipinski definition) is 6. The maximum atomic E-state index is 13.3. The summed E-state index contributed by atoms with van der Waals surface area (Å²) in [4.78, 5) is 11.4. The van der Waals surface area contributed by atoms with Crippen LogP contribution in [0, 0.1) is 17.5 Å². The minimum absolute atomic E-state index is 0.0560. The van der Waals surface area contributed by atoms with Gasteiger partial charge in [0.15, 0.2) is 11.6 Å². The van der Waals surface area contributed by atoms with Gasteiger partial charge in [-0.1, -0.05) is 0 Å². The molecule has 1 aliphatic rings. The third kappa shape index (κ3) is 4.24.